The third kappa shape index (κ3) is 3.36. The average Bonchev–Trinajstić information content (AvgIpc) is 2.16. The van der Waals surface area contributed by atoms with Crippen molar-refractivity contribution in [3.63, 3.8) is 0 Å². The fraction of sp³-hybridized carbons (Fsp3) is 0.300. The normalized spacial score (nSPS) is 12.4. The number of carbonyl (C=O) groups is 1. The highest BCUT2D eigenvalue weighted by Gasteiger charge is 2.08. The van der Waals surface area contributed by atoms with Gasteiger partial charge >= 0.3 is 0 Å². The second-order valence-electron chi connectivity index (χ2n) is 2.98. The van der Waals surface area contributed by atoms with Crippen molar-refractivity contribution < 1.29 is 9.53 Å². The largest absolute Gasteiger partial charge is 0.367 e. The van der Waals surface area contributed by atoms with Crippen LogP contribution >= 0.6 is 11.6 Å². The van der Waals surface area contributed by atoms with Crippen molar-refractivity contribution in [2.45, 2.75) is 19.6 Å². The van der Waals surface area contributed by atoms with Crippen LogP contribution < -0.4 is 5.73 Å². The summed E-state index contributed by atoms with van der Waals surface area (Å²) in [7, 11) is 0. The topological polar surface area (TPSA) is 52.3 Å². The first-order valence-electron chi connectivity index (χ1n) is 4.25. The molecule has 1 amide bonds. The fourth-order valence-electron chi connectivity index (χ4n) is 0.884. The summed E-state index contributed by atoms with van der Waals surface area (Å²) in [6, 6.07) is 7.23. The predicted octanol–water partition coefficient (Wildman–Crippen LogP) is 1.73. The summed E-state index contributed by atoms with van der Waals surface area (Å²) >= 11 is 5.71. The summed E-state index contributed by atoms with van der Waals surface area (Å²) in [6.07, 6.45) is -0.564. The number of halogens is 1. The molecule has 0 aliphatic carbocycles. The van der Waals surface area contributed by atoms with E-state index in [4.69, 9.17) is 22.1 Å². The van der Waals surface area contributed by atoms with Crippen LogP contribution in [0, 0.1) is 0 Å². The van der Waals surface area contributed by atoms with E-state index in [-0.39, 0.29) is 0 Å². The molecule has 1 unspecified atom stereocenters. The zero-order chi connectivity index (χ0) is 10.6. The lowest BCUT2D eigenvalue weighted by Gasteiger charge is -2.08. The van der Waals surface area contributed by atoms with Gasteiger partial charge in [-0.2, -0.15) is 0 Å². The van der Waals surface area contributed by atoms with Crippen molar-refractivity contribution in [2.75, 3.05) is 0 Å². The standard InChI is InChI=1S/C10H12ClNO2/c1-7(10(12)13)14-6-8-2-4-9(11)5-3-8/h2-5,7H,6H2,1H3,(H2,12,13). The molecule has 0 aliphatic rings. The lowest BCUT2D eigenvalue weighted by Crippen LogP contribution is -2.27. The summed E-state index contributed by atoms with van der Waals surface area (Å²) in [5.74, 6) is -0.459. The molecule has 0 saturated carbocycles. The van der Waals surface area contributed by atoms with Gasteiger partial charge in [0.25, 0.3) is 0 Å². The Morgan fingerprint density at radius 2 is 2.07 bits per heavy atom. The Bertz CT molecular complexity index is 310. The molecule has 0 fully saturated rings. The number of nitrogens with two attached hydrogens (primary N) is 1. The molecular formula is C10H12ClNO2. The molecule has 0 aliphatic heterocycles. The maximum absolute atomic E-state index is 10.7. The van der Waals surface area contributed by atoms with Crippen LogP contribution in [0.5, 0.6) is 0 Å². The van der Waals surface area contributed by atoms with Gasteiger partial charge in [0.1, 0.15) is 6.10 Å². The number of amides is 1. The van der Waals surface area contributed by atoms with Crippen molar-refractivity contribution in [3.05, 3.63) is 34.9 Å². The maximum Gasteiger partial charge on any atom is 0.246 e. The quantitative estimate of drug-likeness (QED) is 0.828. The molecule has 2 N–H and O–H groups in total. The zero-order valence-electron chi connectivity index (χ0n) is 7.87. The van der Waals surface area contributed by atoms with Gasteiger partial charge in [0.2, 0.25) is 5.91 Å². The minimum Gasteiger partial charge on any atom is -0.367 e. The molecule has 0 bridgehead atoms. The van der Waals surface area contributed by atoms with E-state index in [0.29, 0.717) is 11.6 Å². The number of ether oxygens (including phenoxy) is 1. The summed E-state index contributed by atoms with van der Waals surface area (Å²) in [4.78, 5) is 10.7. The maximum atomic E-state index is 10.7. The molecular weight excluding hydrogens is 202 g/mol. The Hall–Kier alpha value is -1.06. The van der Waals surface area contributed by atoms with Crippen molar-refractivity contribution >= 4 is 17.5 Å². The van der Waals surface area contributed by atoms with Gasteiger partial charge in [0.05, 0.1) is 6.61 Å². The Labute approximate surface area is 87.8 Å². The molecule has 1 atom stereocenters. The fourth-order valence-corrected chi connectivity index (χ4v) is 1.01. The van der Waals surface area contributed by atoms with Crippen LogP contribution in [0.3, 0.4) is 0 Å². The molecule has 1 aromatic rings. The van der Waals surface area contributed by atoms with E-state index >= 15 is 0 Å². The van der Waals surface area contributed by atoms with Crippen LogP contribution in [-0.2, 0) is 16.1 Å². The van der Waals surface area contributed by atoms with Crippen LogP contribution in [0.15, 0.2) is 24.3 Å². The minimum atomic E-state index is -0.564. The van der Waals surface area contributed by atoms with Gasteiger partial charge in [-0.1, -0.05) is 23.7 Å². The Morgan fingerprint density at radius 1 is 1.50 bits per heavy atom. The molecule has 0 spiro atoms. The lowest BCUT2D eigenvalue weighted by molar-refractivity contribution is -0.129. The summed E-state index contributed by atoms with van der Waals surface area (Å²) in [6.45, 7) is 1.99. The van der Waals surface area contributed by atoms with Gasteiger partial charge in [-0.15, -0.1) is 0 Å². The molecule has 0 radical (unpaired) electrons. The first-order chi connectivity index (χ1) is 6.59. The van der Waals surface area contributed by atoms with E-state index in [1.807, 2.05) is 12.1 Å². The second kappa shape index (κ2) is 4.98. The molecule has 1 rings (SSSR count). The third-order valence-electron chi connectivity index (χ3n) is 1.81. The SMILES string of the molecule is CC(OCc1ccc(Cl)cc1)C(N)=O. The number of hydrogen-bond donors (Lipinski definition) is 1. The zero-order valence-corrected chi connectivity index (χ0v) is 8.62. The first-order valence-corrected chi connectivity index (χ1v) is 4.63. The highest BCUT2D eigenvalue weighted by molar-refractivity contribution is 6.30. The van der Waals surface area contributed by atoms with E-state index in [2.05, 4.69) is 0 Å². The minimum absolute atomic E-state index is 0.362. The van der Waals surface area contributed by atoms with Gasteiger partial charge in [0, 0.05) is 5.02 Å². The average molecular weight is 214 g/mol. The van der Waals surface area contributed by atoms with Gasteiger partial charge in [-0.25, -0.2) is 0 Å². The van der Waals surface area contributed by atoms with E-state index < -0.39 is 12.0 Å². The van der Waals surface area contributed by atoms with Crippen molar-refractivity contribution in [1.82, 2.24) is 0 Å². The number of primary amides is 1. The van der Waals surface area contributed by atoms with Gasteiger partial charge < -0.3 is 10.5 Å². The molecule has 0 saturated heterocycles. The highest BCUT2D eigenvalue weighted by atomic mass is 35.5. The number of hydrogen-bond acceptors (Lipinski definition) is 2. The summed E-state index contributed by atoms with van der Waals surface area (Å²) in [5.41, 5.74) is 6.00. The lowest BCUT2D eigenvalue weighted by atomic mass is 10.2. The molecule has 0 aromatic heterocycles. The molecule has 3 nitrogen and oxygen atoms in total. The molecule has 4 heteroatoms. The van der Waals surface area contributed by atoms with Gasteiger partial charge in [0.15, 0.2) is 0 Å². The third-order valence-corrected chi connectivity index (χ3v) is 2.07. The van der Waals surface area contributed by atoms with E-state index in [0.717, 1.165) is 5.56 Å². The number of benzene rings is 1. The van der Waals surface area contributed by atoms with Crippen LogP contribution in [0.1, 0.15) is 12.5 Å². The Kier molecular flexibility index (Phi) is 3.92. The molecule has 14 heavy (non-hydrogen) atoms. The van der Waals surface area contributed by atoms with Crippen molar-refractivity contribution in [2.24, 2.45) is 5.73 Å². The number of carbonyl (C=O) groups excluding carboxylic acids is 1. The predicted molar refractivity (Wildman–Crippen MR) is 54.9 cm³/mol. The first kappa shape index (κ1) is 11.0. The Balaban J connectivity index is 2.46. The second-order valence-corrected chi connectivity index (χ2v) is 3.42. The summed E-state index contributed by atoms with van der Waals surface area (Å²) < 4.78 is 5.21. The smallest absolute Gasteiger partial charge is 0.246 e. The highest BCUT2D eigenvalue weighted by Crippen LogP contribution is 2.10. The van der Waals surface area contributed by atoms with Crippen LogP contribution in [0.4, 0.5) is 0 Å². The van der Waals surface area contributed by atoms with Gasteiger partial charge in [-0.05, 0) is 24.6 Å². The summed E-state index contributed by atoms with van der Waals surface area (Å²) in [5, 5.41) is 0.677. The van der Waals surface area contributed by atoms with E-state index in [1.165, 1.54) is 0 Å². The monoisotopic (exact) mass is 213 g/mol. The number of rotatable bonds is 4. The van der Waals surface area contributed by atoms with Crippen LogP contribution in [-0.4, -0.2) is 12.0 Å². The van der Waals surface area contributed by atoms with Crippen molar-refractivity contribution in [3.8, 4) is 0 Å². The molecule has 0 heterocycles. The van der Waals surface area contributed by atoms with Gasteiger partial charge in [-0.3, -0.25) is 4.79 Å². The van der Waals surface area contributed by atoms with E-state index in [1.54, 1.807) is 19.1 Å². The Morgan fingerprint density at radius 3 is 2.57 bits per heavy atom. The van der Waals surface area contributed by atoms with Crippen LogP contribution in [0.25, 0.3) is 0 Å². The van der Waals surface area contributed by atoms with E-state index in [9.17, 15) is 4.79 Å². The van der Waals surface area contributed by atoms with Crippen molar-refractivity contribution in [1.29, 1.82) is 0 Å². The molecule has 1 aromatic carbocycles. The molecule has 76 valence electrons. The van der Waals surface area contributed by atoms with Crippen LogP contribution in [0.2, 0.25) is 5.02 Å².